The molecule has 0 radical (unpaired) electrons. The SMILES string of the molecule is CC(C)N1CCOC(CN2CC(CBr)OC(C)(C)C2)C1. The second-order valence-electron chi connectivity index (χ2n) is 6.93. The molecule has 2 saturated heterocycles. The monoisotopic (exact) mass is 348 g/mol. The number of morpholine rings is 2. The molecule has 4 nitrogen and oxygen atoms in total. The van der Waals surface area contributed by atoms with Crippen LogP contribution in [0.15, 0.2) is 0 Å². The molecule has 0 aliphatic carbocycles. The van der Waals surface area contributed by atoms with Crippen LogP contribution in [0.5, 0.6) is 0 Å². The lowest BCUT2D eigenvalue weighted by Crippen LogP contribution is -2.57. The average Bonchev–Trinajstić information content (AvgIpc) is 2.37. The van der Waals surface area contributed by atoms with E-state index in [1.54, 1.807) is 0 Å². The summed E-state index contributed by atoms with van der Waals surface area (Å²) < 4.78 is 12.0. The third kappa shape index (κ3) is 4.67. The first-order valence-electron chi connectivity index (χ1n) is 7.71. The summed E-state index contributed by atoms with van der Waals surface area (Å²) in [4.78, 5) is 5.02. The lowest BCUT2D eigenvalue weighted by atomic mass is 10.0. The number of nitrogens with zero attached hydrogens (tertiary/aromatic N) is 2. The highest BCUT2D eigenvalue weighted by molar-refractivity contribution is 9.09. The van der Waals surface area contributed by atoms with Crippen LogP contribution in [0.2, 0.25) is 0 Å². The zero-order chi connectivity index (χ0) is 14.8. The van der Waals surface area contributed by atoms with E-state index in [0.29, 0.717) is 12.1 Å². The van der Waals surface area contributed by atoms with Crippen molar-refractivity contribution in [2.45, 2.75) is 51.5 Å². The number of ether oxygens (including phenoxy) is 2. The molecule has 0 N–H and O–H groups in total. The summed E-state index contributed by atoms with van der Waals surface area (Å²) in [6, 6.07) is 0.609. The van der Waals surface area contributed by atoms with Gasteiger partial charge in [0.25, 0.3) is 0 Å². The predicted octanol–water partition coefficient (Wildman–Crippen LogP) is 1.97. The van der Waals surface area contributed by atoms with Crippen molar-refractivity contribution in [1.29, 1.82) is 0 Å². The third-order valence-electron chi connectivity index (χ3n) is 4.09. The summed E-state index contributed by atoms with van der Waals surface area (Å²) in [7, 11) is 0. The smallest absolute Gasteiger partial charge is 0.0829 e. The Morgan fingerprint density at radius 2 is 2.00 bits per heavy atom. The maximum Gasteiger partial charge on any atom is 0.0829 e. The number of hydrogen-bond acceptors (Lipinski definition) is 4. The summed E-state index contributed by atoms with van der Waals surface area (Å²) in [6.45, 7) is 14.9. The first-order chi connectivity index (χ1) is 9.39. The van der Waals surface area contributed by atoms with Crippen LogP contribution in [-0.4, -0.2) is 78.3 Å². The Morgan fingerprint density at radius 1 is 1.25 bits per heavy atom. The van der Waals surface area contributed by atoms with Gasteiger partial charge in [0.15, 0.2) is 0 Å². The summed E-state index contributed by atoms with van der Waals surface area (Å²) in [5, 5.41) is 0.899. The molecular formula is C15H29BrN2O2. The van der Waals surface area contributed by atoms with Crippen LogP contribution < -0.4 is 0 Å². The zero-order valence-corrected chi connectivity index (χ0v) is 14.9. The first-order valence-corrected chi connectivity index (χ1v) is 8.83. The van der Waals surface area contributed by atoms with Crippen molar-refractivity contribution in [3.8, 4) is 0 Å². The van der Waals surface area contributed by atoms with Crippen molar-refractivity contribution in [1.82, 2.24) is 9.80 Å². The maximum absolute atomic E-state index is 6.06. The van der Waals surface area contributed by atoms with Gasteiger partial charge in [-0.1, -0.05) is 15.9 Å². The molecule has 2 aliphatic heterocycles. The molecule has 2 rings (SSSR count). The predicted molar refractivity (Wildman–Crippen MR) is 85.6 cm³/mol. The van der Waals surface area contributed by atoms with Crippen molar-refractivity contribution in [2.75, 3.05) is 44.7 Å². The normalized spacial score (nSPS) is 32.7. The molecule has 0 amide bonds. The molecule has 0 saturated carbocycles. The lowest BCUT2D eigenvalue weighted by Gasteiger charge is -2.44. The quantitative estimate of drug-likeness (QED) is 0.725. The van der Waals surface area contributed by atoms with Crippen molar-refractivity contribution in [3.63, 3.8) is 0 Å². The number of alkyl halides is 1. The van der Waals surface area contributed by atoms with E-state index < -0.39 is 0 Å². The Balaban J connectivity index is 1.88. The fraction of sp³-hybridized carbons (Fsp3) is 1.00. The van der Waals surface area contributed by atoms with E-state index in [4.69, 9.17) is 9.47 Å². The Hall–Kier alpha value is 0.320. The summed E-state index contributed by atoms with van der Waals surface area (Å²) in [5.74, 6) is 0. The molecule has 2 aliphatic rings. The first kappa shape index (κ1) is 16.7. The number of hydrogen-bond donors (Lipinski definition) is 0. The summed E-state index contributed by atoms with van der Waals surface area (Å²) in [5.41, 5.74) is -0.0664. The fourth-order valence-corrected chi connectivity index (χ4v) is 3.58. The van der Waals surface area contributed by atoms with Gasteiger partial charge in [-0.15, -0.1) is 0 Å². The number of halogens is 1. The van der Waals surface area contributed by atoms with Gasteiger partial charge in [-0.05, 0) is 27.7 Å². The highest BCUT2D eigenvalue weighted by Gasteiger charge is 2.34. The van der Waals surface area contributed by atoms with E-state index in [9.17, 15) is 0 Å². The minimum Gasteiger partial charge on any atom is -0.374 e. The van der Waals surface area contributed by atoms with Crippen molar-refractivity contribution in [2.24, 2.45) is 0 Å². The van der Waals surface area contributed by atoms with Crippen LogP contribution in [-0.2, 0) is 9.47 Å². The van der Waals surface area contributed by atoms with Crippen LogP contribution in [0.25, 0.3) is 0 Å². The van der Waals surface area contributed by atoms with Gasteiger partial charge in [0.2, 0.25) is 0 Å². The van der Waals surface area contributed by atoms with Crippen molar-refractivity contribution >= 4 is 15.9 Å². The van der Waals surface area contributed by atoms with Gasteiger partial charge < -0.3 is 9.47 Å². The van der Waals surface area contributed by atoms with Crippen LogP contribution >= 0.6 is 15.9 Å². The van der Waals surface area contributed by atoms with Crippen LogP contribution in [0.3, 0.4) is 0 Å². The minimum absolute atomic E-state index is 0.0664. The van der Waals surface area contributed by atoms with E-state index in [-0.39, 0.29) is 11.7 Å². The van der Waals surface area contributed by atoms with Gasteiger partial charge in [-0.2, -0.15) is 0 Å². The Bertz CT molecular complexity index is 312. The molecular weight excluding hydrogens is 320 g/mol. The van der Waals surface area contributed by atoms with Crippen molar-refractivity contribution in [3.05, 3.63) is 0 Å². The average molecular weight is 349 g/mol. The fourth-order valence-electron chi connectivity index (χ4n) is 3.25. The molecule has 0 bridgehead atoms. The molecule has 0 aromatic heterocycles. The van der Waals surface area contributed by atoms with E-state index in [2.05, 4.69) is 53.4 Å². The summed E-state index contributed by atoms with van der Waals surface area (Å²) in [6.07, 6.45) is 0.611. The topological polar surface area (TPSA) is 24.9 Å². The molecule has 0 spiro atoms. The molecule has 2 unspecified atom stereocenters. The van der Waals surface area contributed by atoms with Gasteiger partial charge in [0, 0.05) is 44.1 Å². The summed E-state index contributed by atoms with van der Waals surface area (Å²) >= 11 is 3.55. The Labute approximate surface area is 131 Å². The van der Waals surface area contributed by atoms with Gasteiger partial charge in [-0.25, -0.2) is 0 Å². The number of rotatable bonds is 4. The Kier molecular flexibility index (Phi) is 5.88. The molecule has 0 aromatic carbocycles. The molecule has 2 fully saturated rings. The molecule has 2 heterocycles. The van der Waals surface area contributed by atoms with Gasteiger partial charge in [-0.3, -0.25) is 9.80 Å². The van der Waals surface area contributed by atoms with E-state index in [1.165, 1.54) is 0 Å². The highest BCUT2D eigenvalue weighted by atomic mass is 79.9. The Morgan fingerprint density at radius 3 is 2.65 bits per heavy atom. The standard InChI is InChI=1S/C15H29BrN2O2/c1-12(2)18-5-6-19-14(10-18)9-17-8-13(7-16)20-15(3,4)11-17/h12-14H,5-11H2,1-4H3. The van der Waals surface area contributed by atoms with Gasteiger partial charge >= 0.3 is 0 Å². The van der Waals surface area contributed by atoms with Crippen molar-refractivity contribution < 1.29 is 9.47 Å². The molecule has 20 heavy (non-hydrogen) atoms. The lowest BCUT2D eigenvalue weighted by molar-refractivity contribution is -0.139. The van der Waals surface area contributed by atoms with E-state index >= 15 is 0 Å². The van der Waals surface area contributed by atoms with Crippen LogP contribution in [0.1, 0.15) is 27.7 Å². The zero-order valence-electron chi connectivity index (χ0n) is 13.3. The maximum atomic E-state index is 6.06. The molecule has 5 heteroatoms. The van der Waals surface area contributed by atoms with Gasteiger partial charge in [0.1, 0.15) is 0 Å². The van der Waals surface area contributed by atoms with Gasteiger partial charge in [0.05, 0.1) is 24.4 Å². The second-order valence-corrected chi connectivity index (χ2v) is 7.58. The van der Waals surface area contributed by atoms with E-state index in [0.717, 1.165) is 44.7 Å². The largest absolute Gasteiger partial charge is 0.374 e. The van der Waals surface area contributed by atoms with Crippen LogP contribution in [0.4, 0.5) is 0 Å². The molecule has 2 atom stereocenters. The minimum atomic E-state index is -0.0664. The van der Waals surface area contributed by atoms with E-state index in [1.807, 2.05) is 0 Å². The molecule has 118 valence electrons. The van der Waals surface area contributed by atoms with Crippen LogP contribution in [0, 0.1) is 0 Å². The third-order valence-corrected chi connectivity index (χ3v) is 4.81. The second kappa shape index (κ2) is 7.05. The molecule has 0 aromatic rings. The highest BCUT2D eigenvalue weighted by Crippen LogP contribution is 2.23.